The lowest BCUT2D eigenvalue weighted by Gasteiger charge is -2.32. The third kappa shape index (κ3) is 4.97. The first-order valence-electron chi connectivity index (χ1n) is 9.95. The van der Waals surface area contributed by atoms with Gasteiger partial charge in [0.25, 0.3) is 0 Å². The SMILES string of the molecule is CCCCCCCCCC(C(=O)OC)(c1ccccc1)c1ccccc1. The summed E-state index contributed by atoms with van der Waals surface area (Å²) < 4.78 is 5.30. The standard InChI is InChI=1S/C24H32O2/c1-3-4-5-6-7-8-15-20-24(23(25)26-2,21-16-11-9-12-17-21)22-18-13-10-14-19-22/h9-14,16-19H,3-8,15,20H2,1-2H3. The highest BCUT2D eigenvalue weighted by Gasteiger charge is 2.42. The van der Waals surface area contributed by atoms with Gasteiger partial charge < -0.3 is 4.74 Å². The van der Waals surface area contributed by atoms with E-state index in [0.29, 0.717) is 0 Å². The third-order valence-electron chi connectivity index (χ3n) is 5.22. The van der Waals surface area contributed by atoms with E-state index in [1.165, 1.54) is 39.2 Å². The molecule has 0 saturated heterocycles. The highest BCUT2D eigenvalue weighted by Crippen LogP contribution is 2.38. The van der Waals surface area contributed by atoms with Crippen molar-refractivity contribution in [3.63, 3.8) is 0 Å². The lowest BCUT2D eigenvalue weighted by atomic mass is 9.71. The second-order valence-corrected chi connectivity index (χ2v) is 7.00. The minimum absolute atomic E-state index is 0.166. The van der Waals surface area contributed by atoms with Gasteiger partial charge in [-0.15, -0.1) is 0 Å². The van der Waals surface area contributed by atoms with Crippen molar-refractivity contribution in [3.05, 3.63) is 71.8 Å². The highest BCUT2D eigenvalue weighted by molar-refractivity contribution is 5.87. The van der Waals surface area contributed by atoms with Crippen LogP contribution >= 0.6 is 0 Å². The van der Waals surface area contributed by atoms with Crippen LogP contribution in [0.2, 0.25) is 0 Å². The lowest BCUT2D eigenvalue weighted by molar-refractivity contribution is -0.146. The molecule has 0 bridgehead atoms. The topological polar surface area (TPSA) is 26.3 Å². The zero-order chi connectivity index (χ0) is 18.7. The van der Waals surface area contributed by atoms with Crippen LogP contribution in [0, 0.1) is 0 Å². The summed E-state index contributed by atoms with van der Waals surface area (Å²) in [6, 6.07) is 20.2. The van der Waals surface area contributed by atoms with E-state index in [1.807, 2.05) is 60.7 Å². The van der Waals surface area contributed by atoms with E-state index in [1.54, 1.807) is 0 Å². The minimum Gasteiger partial charge on any atom is -0.468 e. The van der Waals surface area contributed by atoms with E-state index in [9.17, 15) is 4.79 Å². The van der Waals surface area contributed by atoms with Crippen LogP contribution in [0.1, 0.15) is 69.4 Å². The van der Waals surface area contributed by atoms with Crippen LogP contribution < -0.4 is 0 Å². The molecule has 2 aromatic rings. The van der Waals surface area contributed by atoms with Crippen molar-refractivity contribution in [1.82, 2.24) is 0 Å². The average Bonchev–Trinajstić information content (AvgIpc) is 2.71. The molecule has 0 heterocycles. The fourth-order valence-electron chi connectivity index (χ4n) is 3.76. The van der Waals surface area contributed by atoms with E-state index in [4.69, 9.17) is 4.74 Å². The Morgan fingerprint density at radius 1 is 0.769 bits per heavy atom. The molecule has 26 heavy (non-hydrogen) atoms. The van der Waals surface area contributed by atoms with Crippen LogP contribution in [-0.4, -0.2) is 13.1 Å². The summed E-state index contributed by atoms with van der Waals surface area (Å²) in [5.74, 6) is -0.166. The quantitative estimate of drug-likeness (QED) is 0.351. The number of hydrogen-bond acceptors (Lipinski definition) is 2. The molecular formula is C24H32O2. The van der Waals surface area contributed by atoms with E-state index >= 15 is 0 Å². The van der Waals surface area contributed by atoms with Crippen molar-refractivity contribution in [3.8, 4) is 0 Å². The second-order valence-electron chi connectivity index (χ2n) is 7.00. The van der Waals surface area contributed by atoms with Gasteiger partial charge in [-0.1, -0.05) is 113 Å². The van der Waals surface area contributed by atoms with Crippen molar-refractivity contribution in [2.75, 3.05) is 7.11 Å². The van der Waals surface area contributed by atoms with Crippen molar-refractivity contribution in [2.45, 2.75) is 63.7 Å². The Kier molecular flexibility index (Phi) is 8.40. The third-order valence-corrected chi connectivity index (χ3v) is 5.22. The molecule has 0 aliphatic heterocycles. The molecule has 0 fully saturated rings. The van der Waals surface area contributed by atoms with Crippen LogP contribution in [0.25, 0.3) is 0 Å². The van der Waals surface area contributed by atoms with Crippen LogP contribution in [0.5, 0.6) is 0 Å². The van der Waals surface area contributed by atoms with E-state index in [2.05, 4.69) is 6.92 Å². The van der Waals surface area contributed by atoms with E-state index in [-0.39, 0.29) is 5.97 Å². The molecule has 0 radical (unpaired) electrons. The maximum Gasteiger partial charge on any atom is 0.320 e. The van der Waals surface area contributed by atoms with Gasteiger partial charge >= 0.3 is 5.97 Å². The van der Waals surface area contributed by atoms with Gasteiger partial charge in [0, 0.05) is 0 Å². The van der Waals surface area contributed by atoms with Crippen LogP contribution in [0.3, 0.4) is 0 Å². The Hall–Kier alpha value is -2.09. The summed E-state index contributed by atoms with van der Waals surface area (Å²) in [5, 5.41) is 0. The molecule has 0 atom stereocenters. The van der Waals surface area contributed by atoms with Crippen LogP contribution in [0.15, 0.2) is 60.7 Å². The number of esters is 1. The first-order valence-corrected chi connectivity index (χ1v) is 9.95. The van der Waals surface area contributed by atoms with Crippen molar-refractivity contribution in [2.24, 2.45) is 0 Å². The second kappa shape index (κ2) is 10.8. The number of benzene rings is 2. The van der Waals surface area contributed by atoms with Crippen LogP contribution in [-0.2, 0) is 14.9 Å². The molecule has 0 N–H and O–H groups in total. The highest BCUT2D eigenvalue weighted by atomic mass is 16.5. The minimum atomic E-state index is -0.722. The molecule has 2 aromatic carbocycles. The molecule has 2 heteroatoms. The average molecular weight is 353 g/mol. The van der Waals surface area contributed by atoms with E-state index in [0.717, 1.165) is 30.4 Å². The van der Waals surface area contributed by atoms with Gasteiger partial charge in [-0.25, -0.2) is 0 Å². The largest absolute Gasteiger partial charge is 0.468 e. The summed E-state index contributed by atoms with van der Waals surface area (Å²) >= 11 is 0. The predicted octanol–water partition coefficient (Wildman–Crippen LogP) is 6.29. The Balaban J connectivity index is 2.22. The molecule has 2 rings (SSSR count). The Labute approximate surface area is 158 Å². The molecule has 0 aliphatic rings. The number of rotatable bonds is 11. The molecule has 0 amide bonds. The van der Waals surface area contributed by atoms with Gasteiger partial charge in [0.15, 0.2) is 0 Å². The molecule has 2 nitrogen and oxygen atoms in total. The summed E-state index contributed by atoms with van der Waals surface area (Å²) in [7, 11) is 1.49. The van der Waals surface area contributed by atoms with E-state index < -0.39 is 5.41 Å². The van der Waals surface area contributed by atoms with Crippen molar-refractivity contribution >= 4 is 5.97 Å². The number of hydrogen-bond donors (Lipinski definition) is 0. The van der Waals surface area contributed by atoms with Crippen molar-refractivity contribution < 1.29 is 9.53 Å². The van der Waals surface area contributed by atoms with Crippen molar-refractivity contribution in [1.29, 1.82) is 0 Å². The number of methoxy groups -OCH3 is 1. The smallest absolute Gasteiger partial charge is 0.320 e. The maximum atomic E-state index is 13.0. The van der Waals surface area contributed by atoms with Gasteiger partial charge in [0.1, 0.15) is 5.41 Å². The molecule has 0 saturated carbocycles. The molecule has 0 spiro atoms. The molecule has 140 valence electrons. The number of unbranched alkanes of at least 4 members (excludes halogenated alkanes) is 6. The Morgan fingerprint density at radius 3 is 1.69 bits per heavy atom. The maximum absolute atomic E-state index is 13.0. The molecule has 0 aromatic heterocycles. The van der Waals surface area contributed by atoms with Gasteiger partial charge in [-0.3, -0.25) is 4.79 Å². The fourth-order valence-corrected chi connectivity index (χ4v) is 3.76. The van der Waals surface area contributed by atoms with Crippen LogP contribution in [0.4, 0.5) is 0 Å². The number of ether oxygens (including phenoxy) is 1. The van der Waals surface area contributed by atoms with Gasteiger partial charge in [-0.2, -0.15) is 0 Å². The fraction of sp³-hybridized carbons (Fsp3) is 0.458. The molecular weight excluding hydrogens is 320 g/mol. The lowest BCUT2D eigenvalue weighted by Crippen LogP contribution is -2.38. The Morgan fingerprint density at radius 2 is 1.23 bits per heavy atom. The number of carbonyl (C=O) groups excluding carboxylic acids is 1. The first kappa shape index (κ1) is 20.2. The van der Waals surface area contributed by atoms with Gasteiger partial charge in [0.2, 0.25) is 0 Å². The normalized spacial score (nSPS) is 11.3. The molecule has 0 unspecified atom stereocenters. The first-order chi connectivity index (χ1) is 12.8. The summed E-state index contributed by atoms with van der Waals surface area (Å²) in [6.45, 7) is 2.24. The van der Waals surface area contributed by atoms with Gasteiger partial charge in [-0.05, 0) is 17.5 Å². The monoisotopic (exact) mass is 352 g/mol. The summed E-state index contributed by atoms with van der Waals surface area (Å²) in [4.78, 5) is 13.0. The predicted molar refractivity (Wildman–Crippen MR) is 108 cm³/mol. The Bertz CT molecular complexity index is 594. The summed E-state index contributed by atoms with van der Waals surface area (Å²) in [6.07, 6.45) is 9.38. The summed E-state index contributed by atoms with van der Waals surface area (Å²) in [5.41, 5.74) is 1.31. The van der Waals surface area contributed by atoms with Gasteiger partial charge in [0.05, 0.1) is 7.11 Å². The molecule has 0 aliphatic carbocycles. The zero-order valence-electron chi connectivity index (χ0n) is 16.2. The zero-order valence-corrected chi connectivity index (χ0v) is 16.2. The number of carbonyl (C=O) groups is 1.